The maximum atomic E-state index is 12.1. The lowest BCUT2D eigenvalue weighted by molar-refractivity contribution is -0.00923. The van der Waals surface area contributed by atoms with Crippen molar-refractivity contribution in [2.45, 2.75) is 19.3 Å². The van der Waals surface area contributed by atoms with E-state index in [-0.39, 0.29) is 13.2 Å². The number of methoxy groups -OCH3 is 1. The van der Waals surface area contributed by atoms with E-state index >= 15 is 0 Å². The molecule has 2 atom stereocenters. The third-order valence-corrected chi connectivity index (χ3v) is 4.27. The molecule has 10 heteroatoms. The van der Waals surface area contributed by atoms with Gasteiger partial charge in [-0.25, -0.2) is 4.79 Å². The van der Waals surface area contributed by atoms with Gasteiger partial charge in [-0.15, -0.1) is 0 Å². The van der Waals surface area contributed by atoms with Crippen LogP contribution in [0.5, 0.6) is 11.5 Å². The molecule has 10 nitrogen and oxygen atoms in total. The number of aromatic nitrogens is 2. The Hall–Kier alpha value is -3.49. The minimum absolute atomic E-state index is 0.0841. The number of rotatable bonds is 7. The molecule has 28 heavy (non-hydrogen) atoms. The second-order valence-corrected chi connectivity index (χ2v) is 6.11. The van der Waals surface area contributed by atoms with Crippen molar-refractivity contribution in [3.63, 3.8) is 0 Å². The number of hydrogen-bond acceptors (Lipinski definition) is 6. The molecule has 0 aliphatic carbocycles. The fraction of sp³-hybridized carbons (Fsp3) is 0.333. The molecule has 0 saturated heterocycles. The highest BCUT2D eigenvalue weighted by atomic mass is 16.6. The SMILES string of the molecule is COc1ccc(OC[C@H]2O[C@@H](n3cc(C)c(=O)[nH]c3=O)C=C2CN=[N+]=[N-])cc1. The number of nitrogens with zero attached hydrogens (tertiary/aromatic N) is 4. The van der Waals surface area contributed by atoms with Crippen LogP contribution in [-0.2, 0) is 4.74 Å². The molecule has 0 saturated carbocycles. The smallest absolute Gasteiger partial charge is 0.330 e. The Morgan fingerprint density at radius 3 is 2.68 bits per heavy atom. The number of aromatic amines is 1. The monoisotopic (exact) mass is 385 g/mol. The molecule has 2 aromatic rings. The van der Waals surface area contributed by atoms with Gasteiger partial charge in [-0.2, -0.15) is 0 Å². The Morgan fingerprint density at radius 1 is 1.29 bits per heavy atom. The van der Waals surface area contributed by atoms with E-state index in [0.29, 0.717) is 22.6 Å². The van der Waals surface area contributed by atoms with Gasteiger partial charge in [0, 0.05) is 23.2 Å². The van der Waals surface area contributed by atoms with Gasteiger partial charge >= 0.3 is 5.69 Å². The molecule has 0 fully saturated rings. The molecule has 0 radical (unpaired) electrons. The second-order valence-electron chi connectivity index (χ2n) is 6.11. The van der Waals surface area contributed by atoms with E-state index in [1.54, 1.807) is 44.4 Å². The van der Waals surface area contributed by atoms with Crippen molar-refractivity contribution in [1.29, 1.82) is 0 Å². The van der Waals surface area contributed by atoms with E-state index in [4.69, 9.17) is 19.7 Å². The summed E-state index contributed by atoms with van der Waals surface area (Å²) in [6, 6.07) is 7.07. The minimum Gasteiger partial charge on any atom is -0.497 e. The number of H-pyrrole nitrogens is 1. The average Bonchev–Trinajstić information content (AvgIpc) is 3.10. The van der Waals surface area contributed by atoms with Crippen molar-refractivity contribution in [3.8, 4) is 11.5 Å². The summed E-state index contributed by atoms with van der Waals surface area (Å²) in [4.78, 5) is 28.7. The van der Waals surface area contributed by atoms with Crippen LogP contribution >= 0.6 is 0 Å². The van der Waals surface area contributed by atoms with Gasteiger partial charge in [0.15, 0.2) is 6.23 Å². The molecule has 2 heterocycles. The van der Waals surface area contributed by atoms with Crippen LogP contribution in [0.2, 0.25) is 0 Å². The van der Waals surface area contributed by atoms with E-state index in [2.05, 4.69) is 15.0 Å². The lowest BCUT2D eigenvalue weighted by Crippen LogP contribution is -2.34. The molecular weight excluding hydrogens is 366 g/mol. The second kappa shape index (κ2) is 8.47. The zero-order valence-electron chi connectivity index (χ0n) is 15.4. The van der Waals surface area contributed by atoms with Crippen molar-refractivity contribution in [2.24, 2.45) is 5.11 Å². The number of nitrogens with one attached hydrogen (secondary N) is 1. The third kappa shape index (κ3) is 4.25. The van der Waals surface area contributed by atoms with Crippen molar-refractivity contribution in [1.82, 2.24) is 9.55 Å². The van der Waals surface area contributed by atoms with E-state index < -0.39 is 23.6 Å². The van der Waals surface area contributed by atoms with Crippen molar-refractivity contribution in [3.05, 3.63) is 79.0 Å². The van der Waals surface area contributed by atoms with E-state index in [9.17, 15) is 9.59 Å². The first-order valence-corrected chi connectivity index (χ1v) is 8.47. The molecule has 146 valence electrons. The van der Waals surface area contributed by atoms with Crippen LogP contribution in [0.1, 0.15) is 11.8 Å². The van der Waals surface area contributed by atoms with Gasteiger partial charge in [-0.3, -0.25) is 14.3 Å². The highest BCUT2D eigenvalue weighted by Gasteiger charge is 2.29. The van der Waals surface area contributed by atoms with E-state index in [1.165, 1.54) is 10.8 Å². The van der Waals surface area contributed by atoms with Gasteiger partial charge in [0.2, 0.25) is 0 Å². The lowest BCUT2D eigenvalue weighted by atomic mass is 10.1. The van der Waals surface area contributed by atoms with Crippen LogP contribution in [0, 0.1) is 6.92 Å². The summed E-state index contributed by atoms with van der Waals surface area (Å²) in [6.45, 7) is 1.84. The van der Waals surface area contributed by atoms with Crippen LogP contribution < -0.4 is 20.7 Å². The fourth-order valence-electron chi connectivity index (χ4n) is 2.76. The molecule has 0 amide bonds. The Labute approximate surface area is 159 Å². The topological polar surface area (TPSA) is 131 Å². The van der Waals surface area contributed by atoms with Gasteiger partial charge in [-0.1, -0.05) is 5.11 Å². The van der Waals surface area contributed by atoms with Crippen LogP contribution in [0.25, 0.3) is 10.4 Å². The molecule has 1 aliphatic heterocycles. The quantitative estimate of drug-likeness (QED) is 0.337. The molecule has 1 N–H and O–H groups in total. The predicted octanol–water partition coefficient (Wildman–Crippen LogP) is 2.07. The minimum atomic E-state index is -0.739. The highest BCUT2D eigenvalue weighted by molar-refractivity contribution is 5.31. The van der Waals surface area contributed by atoms with Crippen molar-refractivity contribution >= 4 is 0 Å². The number of aryl methyl sites for hydroxylation is 1. The standard InChI is InChI=1S/C18H19N5O5/c1-11-9-23(18(25)21-17(11)24)16-7-12(8-20-22-19)15(28-16)10-27-14-5-3-13(26-2)4-6-14/h3-7,9,15-16H,8,10H2,1-2H3,(H,21,24,25)/t15-,16-/m1/s1. The number of ether oxygens (including phenoxy) is 3. The average molecular weight is 385 g/mol. The Balaban J connectivity index is 1.78. The summed E-state index contributed by atoms with van der Waals surface area (Å²) in [5.41, 5.74) is 8.65. The first kappa shape index (κ1) is 19.3. The van der Waals surface area contributed by atoms with Gasteiger partial charge in [0.1, 0.15) is 24.2 Å². The summed E-state index contributed by atoms with van der Waals surface area (Å²) in [5, 5.41) is 3.58. The summed E-state index contributed by atoms with van der Waals surface area (Å²) in [7, 11) is 1.58. The van der Waals surface area contributed by atoms with Crippen LogP contribution in [0.4, 0.5) is 0 Å². The zero-order chi connectivity index (χ0) is 20.1. The normalized spacial score (nSPS) is 18.3. The van der Waals surface area contributed by atoms with Gasteiger partial charge < -0.3 is 14.2 Å². The maximum absolute atomic E-state index is 12.1. The van der Waals surface area contributed by atoms with Gasteiger partial charge in [0.05, 0.1) is 7.11 Å². The van der Waals surface area contributed by atoms with E-state index in [1.807, 2.05) is 0 Å². The maximum Gasteiger partial charge on any atom is 0.330 e. The molecule has 1 aromatic carbocycles. The molecule has 1 aliphatic rings. The zero-order valence-corrected chi connectivity index (χ0v) is 15.4. The number of benzene rings is 1. The van der Waals surface area contributed by atoms with Crippen LogP contribution in [-0.4, -0.2) is 35.9 Å². The fourth-order valence-corrected chi connectivity index (χ4v) is 2.76. The summed E-state index contributed by atoms with van der Waals surface area (Å²) >= 11 is 0. The Morgan fingerprint density at radius 2 is 2.00 bits per heavy atom. The Kier molecular flexibility index (Phi) is 5.83. The van der Waals surface area contributed by atoms with Gasteiger partial charge in [-0.05, 0) is 48.4 Å². The number of hydrogen-bond donors (Lipinski definition) is 1. The largest absolute Gasteiger partial charge is 0.497 e. The summed E-state index contributed by atoms with van der Waals surface area (Å²) in [5.74, 6) is 1.33. The van der Waals surface area contributed by atoms with Crippen LogP contribution in [0.3, 0.4) is 0 Å². The summed E-state index contributed by atoms with van der Waals surface area (Å²) < 4.78 is 18.1. The first-order valence-electron chi connectivity index (χ1n) is 8.47. The molecule has 0 unspecified atom stereocenters. The Bertz CT molecular complexity index is 1030. The molecule has 3 rings (SSSR count). The molecular formula is C18H19N5O5. The molecule has 0 bridgehead atoms. The lowest BCUT2D eigenvalue weighted by Gasteiger charge is -2.18. The molecule has 1 aromatic heterocycles. The highest BCUT2D eigenvalue weighted by Crippen LogP contribution is 2.27. The van der Waals surface area contributed by atoms with E-state index in [0.717, 1.165) is 0 Å². The molecule has 0 spiro atoms. The first-order chi connectivity index (χ1) is 13.5. The van der Waals surface area contributed by atoms with Gasteiger partial charge in [0.25, 0.3) is 5.56 Å². The third-order valence-electron chi connectivity index (χ3n) is 4.27. The van der Waals surface area contributed by atoms with Crippen molar-refractivity contribution in [2.75, 3.05) is 20.3 Å². The number of azide groups is 1. The van der Waals surface area contributed by atoms with Crippen LogP contribution in [0.15, 0.2) is 56.8 Å². The predicted molar refractivity (Wildman–Crippen MR) is 101 cm³/mol. The van der Waals surface area contributed by atoms with Crippen molar-refractivity contribution < 1.29 is 14.2 Å². The summed E-state index contributed by atoms with van der Waals surface area (Å²) in [6.07, 6.45) is 1.86.